The largest absolute Gasteiger partial charge is 0.508 e. The lowest BCUT2D eigenvalue weighted by Crippen LogP contribution is -2.36. The van der Waals surface area contributed by atoms with E-state index < -0.39 is 0 Å². The van der Waals surface area contributed by atoms with Crippen LogP contribution in [0.15, 0.2) is 55.5 Å². The van der Waals surface area contributed by atoms with E-state index in [9.17, 15) is 5.11 Å². The van der Waals surface area contributed by atoms with Crippen LogP contribution in [0.4, 0.5) is 5.82 Å². The molecule has 0 amide bonds. The Balaban J connectivity index is 1.38. The number of hydrogen-bond acceptors (Lipinski definition) is 6. The lowest BCUT2D eigenvalue weighted by atomic mass is 10.0. The van der Waals surface area contributed by atoms with Gasteiger partial charge in [-0.3, -0.25) is 0 Å². The summed E-state index contributed by atoms with van der Waals surface area (Å²) in [6.07, 6.45) is 11.5. The van der Waals surface area contributed by atoms with Gasteiger partial charge in [0, 0.05) is 56.4 Å². The molecular formula is C22H25N7O. The van der Waals surface area contributed by atoms with Gasteiger partial charge in [-0.2, -0.15) is 0 Å². The SMILES string of the molecule is Nc1ncnc2c1c(-c1ccc(O)cc1)cn2C1CCN(CCn2ccnc2)CC1. The number of phenols is 1. The Morgan fingerprint density at radius 1 is 1.07 bits per heavy atom. The Hall–Kier alpha value is -3.39. The van der Waals surface area contributed by atoms with Crippen molar-refractivity contribution >= 4 is 16.9 Å². The molecule has 0 bridgehead atoms. The highest BCUT2D eigenvalue weighted by Gasteiger charge is 2.24. The van der Waals surface area contributed by atoms with Crippen molar-refractivity contribution in [3.05, 3.63) is 55.5 Å². The van der Waals surface area contributed by atoms with Gasteiger partial charge in [-0.1, -0.05) is 12.1 Å². The number of piperidine rings is 1. The van der Waals surface area contributed by atoms with Gasteiger partial charge in [-0.05, 0) is 30.5 Å². The fourth-order valence-corrected chi connectivity index (χ4v) is 4.34. The molecule has 1 aliphatic rings. The van der Waals surface area contributed by atoms with Crippen molar-refractivity contribution in [3.63, 3.8) is 0 Å². The summed E-state index contributed by atoms with van der Waals surface area (Å²) < 4.78 is 4.39. The van der Waals surface area contributed by atoms with Crippen molar-refractivity contribution in [1.29, 1.82) is 0 Å². The molecule has 154 valence electrons. The Morgan fingerprint density at radius 3 is 2.60 bits per heavy atom. The number of nitrogen functional groups attached to an aromatic ring is 1. The number of rotatable bonds is 5. The van der Waals surface area contributed by atoms with Gasteiger partial charge in [0.15, 0.2) is 0 Å². The van der Waals surface area contributed by atoms with E-state index in [1.807, 2.05) is 30.9 Å². The molecule has 30 heavy (non-hydrogen) atoms. The minimum Gasteiger partial charge on any atom is -0.508 e. The first-order valence-corrected chi connectivity index (χ1v) is 10.3. The fraction of sp³-hybridized carbons (Fsp3) is 0.318. The first-order chi connectivity index (χ1) is 14.7. The van der Waals surface area contributed by atoms with Gasteiger partial charge >= 0.3 is 0 Å². The topological polar surface area (TPSA) is 98.0 Å². The molecule has 0 saturated carbocycles. The van der Waals surface area contributed by atoms with Gasteiger partial charge in [0.1, 0.15) is 23.5 Å². The Bertz CT molecular complexity index is 1130. The molecule has 0 spiro atoms. The summed E-state index contributed by atoms with van der Waals surface area (Å²) in [5.74, 6) is 0.731. The standard InChI is InChI=1S/C22H25N7O/c23-21-20-19(16-1-3-18(30)4-2-16)13-29(22(20)26-14-25-21)17-5-8-27(9-6-17)11-12-28-10-7-24-15-28/h1-4,7,10,13-15,17,30H,5-6,8-9,11-12H2,(H2,23,25,26). The number of aromatic nitrogens is 5. The van der Waals surface area contributed by atoms with Crippen molar-refractivity contribution in [1.82, 2.24) is 29.0 Å². The summed E-state index contributed by atoms with van der Waals surface area (Å²) in [6.45, 7) is 4.09. The molecule has 3 N–H and O–H groups in total. The lowest BCUT2D eigenvalue weighted by molar-refractivity contribution is 0.183. The van der Waals surface area contributed by atoms with Gasteiger partial charge < -0.3 is 24.9 Å². The van der Waals surface area contributed by atoms with E-state index >= 15 is 0 Å². The highest BCUT2D eigenvalue weighted by molar-refractivity contribution is 6.00. The monoisotopic (exact) mass is 403 g/mol. The van der Waals surface area contributed by atoms with Crippen LogP contribution in [0.2, 0.25) is 0 Å². The van der Waals surface area contributed by atoms with Gasteiger partial charge in [0.05, 0.1) is 11.7 Å². The number of hydrogen-bond donors (Lipinski definition) is 2. The van der Waals surface area contributed by atoms with Crippen LogP contribution in [0.1, 0.15) is 18.9 Å². The van der Waals surface area contributed by atoms with Crippen molar-refractivity contribution < 1.29 is 5.11 Å². The third-order valence-corrected chi connectivity index (χ3v) is 6.00. The fourth-order valence-electron chi connectivity index (χ4n) is 4.34. The van der Waals surface area contributed by atoms with Crippen LogP contribution in [0.5, 0.6) is 5.75 Å². The van der Waals surface area contributed by atoms with Crippen molar-refractivity contribution in [2.24, 2.45) is 0 Å². The summed E-state index contributed by atoms with van der Waals surface area (Å²) in [4.78, 5) is 15.4. The average molecular weight is 403 g/mol. The number of aromatic hydroxyl groups is 1. The highest BCUT2D eigenvalue weighted by Crippen LogP contribution is 2.36. The molecule has 3 aromatic heterocycles. The maximum absolute atomic E-state index is 9.65. The Labute approximate surface area is 174 Å². The smallest absolute Gasteiger partial charge is 0.146 e. The second-order valence-corrected chi connectivity index (χ2v) is 7.83. The molecule has 0 radical (unpaired) electrons. The molecular weight excluding hydrogens is 378 g/mol. The molecule has 4 aromatic rings. The van der Waals surface area contributed by atoms with E-state index in [-0.39, 0.29) is 5.75 Å². The normalized spacial score (nSPS) is 15.7. The quantitative estimate of drug-likeness (QED) is 0.532. The summed E-state index contributed by atoms with van der Waals surface area (Å²) in [7, 11) is 0. The first kappa shape index (κ1) is 18.6. The number of phenolic OH excluding ortho intramolecular Hbond substituents is 1. The number of nitrogens with two attached hydrogens (primary N) is 1. The second kappa shape index (κ2) is 7.79. The summed E-state index contributed by atoms with van der Waals surface area (Å²) in [6, 6.07) is 7.56. The van der Waals surface area contributed by atoms with Crippen LogP contribution in [-0.2, 0) is 6.54 Å². The maximum Gasteiger partial charge on any atom is 0.146 e. The minimum absolute atomic E-state index is 0.245. The van der Waals surface area contributed by atoms with E-state index in [0.717, 1.165) is 61.2 Å². The van der Waals surface area contributed by atoms with Gasteiger partial charge in [0.25, 0.3) is 0 Å². The van der Waals surface area contributed by atoms with Crippen molar-refractivity contribution in [2.45, 2.75) is 25.4 Å². The number of anilines is 1. The van der Waals surface area contributed by atoms with Gasteiger partial charge in [-0.25, -0.2) is 15.0 Å². The summed E-state index contributed by atoms with van der Waals surface area (Å²) in [5, 5.41) is 10.5. The van der Waals surface area contributed by atoms with Crippen LogP contribution in [0.25, 0.3) is 22.2 Å². The summed E-state index contributed by atoms with van der Waals surface area (Å²) in [5.41, 5.74) is 9.12. The highest BCUT2D eigenvalue weighted by atomic mass is 16.3. The molecule has 4 heterocycles. The molecule has 1 saturated heterocycles. The Kier molecular flexibility index (Phi) is 4.84. The predicted octanol–water partition coefficient (Wildman–Crippen LogP) is 2.92. The lowest BCUT2D eigenvalue weighted by Gasteiger charge is -2.32. The second-order valence-electron chi connectivity index (χ2n) is 7.83. The first-order valence-electron chi connectivity index (χ1n) is 10.3. The molecule has 5 rings (SSSR count). The zero-order valence-electron chi connectivity index (χ0n) is 16.7. The van der Waals surface area contributed by atoms with Crippen LogP contribution < -0.4 is 5.73 Å². The summed E-state index contributed by atoms with van der Waals surface area (Å²) >= 11 is 0. The van der Waals surface area contributed by atoms with E-state index in [1.54, 1.807) is 12.1 Å². The molecule has 1 fully saturated rings. The van der Waals surface area contributed by atoms with E-state index in [2.05, 4.69) is 35.2 Å². The number of likely N-dealkylation sites (tertiary alicyclic amines) is 1. The van der Waals surface area contributed by atoms with Crippen molar-refractivity contribution in [2.75, 3.05) is 25.4 Å². The van der Waals surface area contributed by atoms with Crippen LogP contribution >= 0.6 is 0 Å². The van der Waals surface area contributed by atoms with E-state index in [1.165, 1.54) is 6.33 Å². The number of benzene rings is 1. The van der Waals surface area contributed by atoms with E-state index in [0.29, 0.717) is 11.9 Å². The molecule has 8 nitrogen and oxygen atoms in total. The molecule has 0 aliphatic carbocycles. The van der Waals surface area contributed by atoms with Gasteiger partial charge in [-0.15, -0.1) is 0 Å². The number of imidazole rings is 1. The third kappa shape index (κ3) is 3.50. The zero-order chi connectivity index (χ0) is 20.5. The predicted molar refractivity (Wildman–Crippen MR) is 116 cm³/mol. The molecule has 0 atom stereocenters. The van der Waals surface area contributed by atoms with Crippen LogP contribution in [0.3, 0.4) is 0 Å². The zero-order valence-corrected chi connectivity index (χ0v) is 16.7. The third-order valence-electron chi connectivity index (χ3n) is 6.00. The molecule has 8 heteroatoms. The minimum atomic E-state index is 0.245. The van der Waals surface area contributed by atoms with Crippen LogP contribution in [-0.4, -0.2) is 53.7 Å². The maximum atomic E-state index is 9.65. The molecule has 1 aromatic carbocycles. The van der Waals surface area contributed by atoms with Gasteiger partial charge in [0.2, 0.25) is 0 Å². The Morgan fingerprint density at radius 2 is 1.87 bits per heavy atom. The van der Waals surface area contributed by atoms with E-state index in [4.69, 9.17) is 5.73 Å². The molecule has 0 unspecified atom stereocenters. The molecule has 1 aliphatic heterocycles. The number of nitrogens with zero attached hydrogens (tertiary/aromatic N) is 6. The van der Waals surface area contributed by atoms with Crippen molar-refractivity contribution in [3.8, 4) is 16.9 Å². The number of fused-ring (bicyclic) bond motifs is 1. The van der Waals surface area contributed by atoms with Crippen LogP contribution in [0, 0.1) is 0 Å². The average Bonchev–Trinajstić information content (AvgIpc) is 3.42.